The lowest BCUT2D eigenvalue weighted by molar-refractivity contribution is -0.135. The van der Waals surface area contributed by atoms with Crippen molar-refractivity contribution in [3.63, 3.8) is 0 Å². The first-order valence-electron chi connectivity index (χ1n) is 6.28. The molecule has 2 rings (SSSR count). The van der Waals surface area contributed by atoms with Crippen molar-refractivity contribution in [2.24, 2.45) is 0 Å². The van der Waals surface area contributed by atoms with Crippen molar-refractivity contribution in [3.8, 4) is 11.8 Å². The first-order valence-corrected chi connectivity index (χ1v) is 6.28. The molecule has 0 amide bonds. The summed E-state index contributed by atoms with van der Waals surface area (Å²) in [5.41, 5.74) is 7.68. The Morgan fingerprint density at radius 2 is 1.81 bits per heavy atom. The molecular formula is C17H13NO3. The van der Waals surface area contributed by atoms with Crippen molar-refractivity contribution in [1.82, 2.24) is 0 Å². The highest BCUT2D eigenvalue weighted by molar-refractivity contribution is 6.12. The molecule has 0 spiro atoms. The van der Waals surface area contributed by atoms with Crippen LogP contribution in [0.5, 0.6) is 0 Å². The molecule has 4 nitrogen and oxygen atoms in total. The van der Waals surface area contributed by atoms with Gasteiger partial charge in [0.15, 0.2) is 5.78 Å². The van der Waals surface area contributed by atoms with E-state index in [1.54, 1.807) is 42.5 Å². The number of ketones is 1. The summed E-state index contributed by atoms with van der Waals surface area (Å²) in [5.74, 6) is 4.06. The van der Waals surface area contributed by atoms with Crippen LogP contribution in [0.2, 0.25) is 0 Å². The van der Waals surface area contributed by atoms with E-state index in [4.69, 9.17) is 10.8 Å². The Kier molecular flexibility index (Phi) is 4.37. The summed E-state index contributed by atoms with van der Waals surface area (Å²) in [4.78, 5) is 22.8. The number of nitrogens with two attached hydrogens (primary N) is 1. The van der Waals surface area contributed by atoms with Crippen molar-refractivity contribution in [2.75, 3.05) is 5.73 Å². The van der Waals surface area contributed by atoms with Gasteiger partial charge < -0.3 is 10.8 Å². The Balaban J connectivity index is 2.33. The Labute approximate surface area is 122 Å². The lowest BCUT2D eigenvalue weighted by Gasteiger charge is -2.05. The minimum absolute atomic E-state index is 0.185. The zero-order valence-corrected chi connectivity index (χ0v) is 11.2. The minimum atomic E-state index is -0.987. The van der Waals surface area contributed by atoms with Gasteiger partial charge in [0, 0.05) is 22.4 Å². The second-order valence-electron chi connectivity index (χ2n) is 4.37. The Morgan fingerprint density at radius 1 is 1.10 bits per heavy atom. The quantitative estimate of drug-likeness (QED) is 0.513. The van der Waals surface area contributed by atoms with Gasteiger partial charge in [-0.05, 0) is 18.2 Å². The standard InChI is InChI=1S/C17H13NO3/c18-15-10-9-12(5-4-8-16(19)20)11-14(15)17(21)13-6-2-1-3-7-13/h1-3,6-7,9-11H,8,18H2,(H,19,20). The highest BCUT2D eigenvalue weighted by Crippen LogP contribution is 2.18. The number of rotatable bonds is 3. The average molecular weight is 279 g/mol. The molecule has 0 aliphatic carbocycles. The molecule has 0 unspecified atom stereocenters. The molecule has 0 fully saturated rings. The van der Waals surface area contributed by atoms with E-state index >= 15 is 0 Å². The summed E-state index contributed by atoms with van der Waals surface area (Å²) in [6, 6.07) is 13.6. The molecule has 2 aromatic carbocycles. The molecular weight excluding hydrogens is 266 g/mol. The fourth-order valence-corrected chi connectivity index (χ4v) is 1.80. The molecule has 0 bridgehead atoms. The van der Waals surface area contributed by atoms with Crippen LogP contribution >= 0.6 is 0 Å². The maximum Gasteiger partial charge on any atom is 0.315 e. The SMILES string of the molecule is Nc1ccc(C#CCC(=O)O)cc1C(=O)c1ccccc1. The highest BCUT2D eigenvalue weighted by atomic mass is 16.4. The fraction of sp³-hybridized carbons (Fsp3) is 0.0588. The molecule has 0 saturated heterocycles. The van der Waals surface area contributed by atoms with Gasteiger partial charge in [-0.1, -0.05) is 42.2 Å². The Morgan fingerprint density at radius 3 is 2.48 bits per heavy atom. The lowest BCUT2D eigenvalue weighted by Crippen LogP contribution is -2.05. The largest absolute Gasteiger partial charge is 0.481 e. The van der Waals surface area contributed by atoms with Gasteiger partial charge in [0.25, 0.3) is 0 Å². The molecule has 2 aromatic rings. The summed E-state index contributed by atoms with van der Waals surface area (Å²) < 4.78 is 0. The van der Waals surface area contributed by atoms with E-state index in [1.807, 2.05) is 6.07 Å². The molecule has 0 radical (unpaired) electrons. The summed E-state index contributed by atoms with van der Waals surface area (Å²) in [6.07, 6.45) is -0.244. The van der Waals surface area contributed by atoms with E-state index in [1.165, 1.54) is 0 Å². The van der Waals surface area contributed by atoms with Crippen LogP contribution in [0.3, 0.4) is 0 Å². The van der Waals surface area contributed by atoms with Gasteiger partial charge in [0.1, 0.15) is 6.42 Å². The number of aliphatic carboxylic acids is 1. The van der Waals surface area contributed by atoms with E-state index < -0.39 is 5.97 Å². The van der Waals surface area contributed by atoms with Crippen LogP contribution < -0.4 is 5.73 Å². The Bertz CT molecular complexity index is 740. The third-order valence-corrected chi connectivity index (χ3v) is 2.81. The zero-order chi connectivity index (χ0) is 15.2. The number of carboxylic acids is 1. The molecule has 4 heteroatoms. The second-order valence-corrected chi connectivity index (χ2v) is 4.37. The summed E-state index contributed by atoms with van der Waals surface area (Å²) in [7, 11) is 0. The van der Waals surface area contributed by atoms with Crippen LogP contribution in [0.1, 0.15) is 27.9 Å². The maximum atomic E-state index is 12.4. The number of carbonyl (C=O) groups is 2. The molecule has 0 aliphatic heterocycles. The van der Waals surface area contributed by atoms with E-state index in [0.717, 1.165) is 0 Å². The predicted octanol–water partition coefficient (Wildman–Crippen LogP) is 2.33. The lowest BCUT2D eigenvalue weighted by atomic mass is 10.00. The topological polar surface area (TPSA) is 80.4 Å². The van der Waals surface area contributed by atoms with Crippen LogP contribution in [0.4, 0.5) is 5.69 Å². The molecule has 0 heterocycles. The molecule has 0 aliphatic rings. The number of carboxylic acid groups (broad SMARTS) is 1. The van der Waals surface area contributed by atoms with Crippen molar-refractivity contribution >= 4 is 17.4 Å². The van der Waals surface area contributed by atoms with Crippen LogP contribution in [-0.4, -0.2) is 16.9 Å². The average Bonchev–Trinajstić information content (AvgIpc) is 2.49. The van der Waals surface area contributed by atoms with E-state index in [9.17, 15) is 9.59 Å². The van der Waals surface area contributed by atoms with Crippen molar-refractivity contribution in [2.45, 2.75) is 6.42 Å². The molecule has 0 atom stereocenters. The smallest absolute Gasteiger partial charge is 0.315 e. The zero-order valence-electron chi connectivity index (χ0n) is 11.2. The van der Waals surface area contributed by atoms with Crippen molar-refractivity contribution in [1.29, 1.82) is 0 Å². The molecule has 3 N–H and O–H groups in total. The minimum Gasteiger partial charge on any atom is -0.481 e. The molecule has 0 saturated carbocycles. The third-order valence-electron chi connectivity index (χ3n) is 2.81. The van der Waals surface area contributed by atoms with Gasteiger partial charge in [-0.2, -0.15) is 0 Å². The van der Waals surface area contributed by atoms with Gasteiger partial charge >= 0.3 is 5.97 Å². The molecule has 21 heavy (non-hydrogen) atoms. The van der Waals surface area contributed by atoms with Crippen LogP contribution in [-0.2, 0) is 4.79 Å². The van der Waals surface area contributed by atoms with Crippen molar-refractivity contribution in [3.05, 3.63) is 65.2 Å². The molecule has 104 valence electrons. The van der Waals surface area contributed by atoms with Crippen molar-refractivity contribution < 1.29 is 14.7 Å². The number of carbonyl (C=O) groups excluding carboxylic acids is 1. The van der Waals surface area contributed by atoms with Crippen LogP contribution in [0.25, 0.3) is 0 Å². The number of nitrogen functional groups attached to an aromatic ring is 1. The third kappa shape index (κ3) is 3.71. The first kappa shape index (κ1) is 14.4. The Hall–Kier alpha value is -3.06. The van der Waals surface area contributed by atoms with E-state index in [0.29, 0.717) is 22.4 Å². The summed E-state index contributed by atoms with van der Waals surface area (Å²) in [6.45, 7) is 0. The predicted molar refractivity (Wildman–Crippen MR) is 79.9 cm³/mol. The fourth-order valence-electron chi connectivity index (χ4n) is 1.80. The maximum absolute atomic E-state index is 12.4. The van der Waals surface area contributed by atoms with E-state index in [-0.39, 0.29) is 12.2 Å². The van der Waals surface area contributed by atoms with Gasteiger partial charge in [0.05, 0.1) is 0 Å². The summed E-state index contributed by atoms with van der Waals surface area (Å²) in [5, 5.41) is 8.55. The number of anilines is 1. The second kappa shape index (κ2) is 6.40. The number of hydrogen-bond acceptors (Lipinski definition) is 3. The highest BCUT2D eigenvalue weighted by Gasteiger charge is 2.12. The van der Waals surface area contributed by atoms with Gasteiger partial charge in [-0.15, -0.1) is 0 Å². The first-order chi connectivity index (χ1) is 10.1. The number of hydrogen-bond donors (Lipinski definition) is 2. The van der Waals surface area contributed by atoms with Gasteiger partial charge in [-0.3, -0.25) is 9.59 Å². The normalized spacial score (nSPS) is 9.52. The van der Waals surface area contributed by atoms with Gasteiger partial charge in [0.2, 0.25) is 0 Å². The van der Waals surface area contributed by atoms with Crippen LogP contribution in [0, 0.1) is 11.8 Å². The van der Waals surface area contributed by atoms with E-state index in [2.05, 4.69) is 11.8 Å². The summed E-state index contributed by atoms with van der Waals surface area (Å²) >= 11 is 0. The van der Waals surface area contributed by atoms with Crippen LogP contribution in [0.15, 0.2) is 48.5 Å². The number of benzene rings is 2. The molecule has 0 aromatic heterocycles. The monoisotopic (exact) mass is 279 g/mol. The van der Waals surface area contributed by atoms with Gasteiger partial charge in [-0.25, -0.2) is 0 Å².